The van der Waals surface area contributed by atoms with Crippen molar-refractivity contribution in [3.8, 4) is 0 Å². The van der Waals surface area contributed by atoms with Gasteiger partial charge in [-0.15, -0.1) is 0 Å². The van der Waals surface area contributed by atoms with Crippen LogP contribution in [0.1, 0.15) is 23.4 Å². The molecule has 1 aliphatic rings. The number of aromatic nitrogens is 2. The molecule has 1 fully saturated rings. The van der Waals surface area contributed by atoms with E-state index < -0.39 is 9.84 Å². The first-order valence-electron chi connectivity index (χ1n) is 7.97. The minimum atomic E-state index is -2.92. The van der Waals surface area contributed by atoms with Crippen LogP contribution in [0.15, 0.2) is 24.3 Å². The Balaban J connectivity index is 1.78. The van der Waals surface area contributed by atoms with E-state index >= 15 is 0 Å². The van der Waals surface area contributed by atoms with Crippen LogP contribution in [0.4, 0.5) is 17.3 Å². The van der Waals surface area contributed by atoms with Gasteiger partial charge in [0.05, 0.1) is 11.5 Å². The van der Waals surface area contributed by atoms with E-state index in [0.29, 0.717) is 23.9 Å². The number of hydrogen-bond donors (Lipinski definition) is 2. The van der Waals surface area contributed by atoms with E-state index in [1.165, 1.54) is 11.1 Å². The molecule has 128 valence electrons. The molecule has 0 saturated carbocycles. The lowest BCUT2D eigenvalue weighted by atomic mass is 10.1. The molecule has 0 amide bonds. The Morgan fingerprint density at radius 2 is 1.67 bits per heavy atom. The van der Waals surface area contributed by atoms with E-state index in [9.17, 15) is 8.42 Å². The number of benzene rings is 1. The molecule has 0 bridgehead atoms. The number of nitrogens with one attached hydrogen (secondary N) is 2. The van der Waals surface area contributed by atoms with E-state index in [-0.39, 0.29) is 17.5 Å². The SMILES string of the molecule is Cc1cc(C)cc(Nc2cc(NC3CCS(=O)(=O)C3)nc(C)n2)c1. The first kappa shape index (κ1) is 16.7. The topological polar surface area (TPSA) is 84.0 Å². The Kier molecular flexibility index (Phi) is 4.45. The Bertz CT molecular complexity index is 845. The molecule has 1 atom stereocenters. The lowest BCUT2D eigenvalue weighted by Crippen LogP contribution is -2.21. The highest BCUT2D eigenvalue weighted by molar-refractivity contribution is 7.91. The van der Waals surface area contributed by atoms with Gasteiger partial charge in [-0.05, 0) is 50.5 Å². The van der Waals surface area contributed by atoms with Crippen LogP contribution in [0.25, 0.3) is 0 Å². The molecule has 2 aromatic rings. The number of hydrogen-bond acceptors (Lipinski definition) is 6. The normalized spacial score (nSPS) is 19.2. The number of rotatable bonds is 4. The van der Waals surface area contributed by atoms with E-state index in [1.807, 2.05) is 13.0 Å². The van der Waals surface area contributed by atoms with Crippen molar-refractivity contribution in [1.29, 1.82) is 0 Å². The third-order valence-corrected chi connectivity index (χ3v) is 5.68. The maximum Gasteiger partial charge on any atom is 0.152 e. The van der Waals surface area contributed by atoms with Gasteiger partial charge >= 0.3 is 0 Å². The second-order valence-electron chi connectivity index (χ2n) is 6.43. The lowest BCUT2D eigenvalue weighted by Gasteiger charge is -2.14. The largest absolute Gasteiger partial charge is 0.366 e. The molecule has 24 heavy (non-hydrogen) atoms. The van der Waals surface area contributed by atoms with Crippen LogP contribution in [0.2, 0.25) is 0 Å². The Labute approximate surface area is 142 Å². The van der Waals surface area contributed by atoms with Crippen molar-refractivity contribution in [2.24, 2.45) is 0 Å². The lowest BCUT2D eigenvalue weighted by molar-refractivity contribution is 0.602. The Hall–Kier alpha value is -2.15. The molecule has 1 aromatic carbocycles. The standard InChI is InChI=1S/C17H22N4O2S/c1-11-6-12(2)8-15(7-11)21-17-9-16(18-13(3)19-17)20-14-4-5-24(22,23)10-14/h6-9,14H,4-5,10H2,1-3H3,(H2,18,19,20,21). The van der Waals surface area contributed by atoms with Crippen molar-refractivity contribution in [3.05, 3.63) is 41.2 Å². The summed E-state index contributed by atoms with van der Waals surface area (Å²) in [6.45, 7) is 5.93. The first-order chi connectivity index (χ1) is 11.3. The zero-order valence-electron chi connectivity index (χ0n) is 14.1. The highest BCUT2D eigenvalue weighted by Crippen LogP contribution is 2.22. The zero-order valence-corrected chi connectivity index (χ0v) is 14.9. The molecule has 1 unspecified atom stereocenters. The summed E-state index contributed by atoms with van der Waals surface area (Å²) in [6.07, 6.45) is 0.616. The van der Waals surface area contributed by atoms with Gasteiger partial charge in [-0.2, -0.15) is 0 Å². The summed E-state index contributed by atoms with van der Waals surface area (Å²) >= 11 is 0. The third kappa shape index (κ3) is 4.23. The summed E-state index contributed by atoms with van der Waals surface area (Å²) in [5, 5.41) is 6.51. The van der Waals surface area contributed by atoms with Crippen LogP contribution < -0.4 is 10.6 Å². The number of aryl methyl sites for hydroxylation is 3. The summed E-state index contributed by atoms with van der Waals surface area (Å²) in [4.78, 5) is 8.78. The fourth-order valence-corrected chi connectivity index (χ4v) is 4.69. The van der Waals surface area contributed by atoms with E-state index in [1.54, 1.807) is 0 Å². The predicted molar refractivity (Wildman–Crippen MR) is 96.6 cm³/mol. The molecule has 2 heterocycles. The molecule has 6 nitrogen and oxygen atoms in total. The fourth-order valence-electron chi connectivity index (χ4n) is 3.02. The maximum absolute atomic E-state index is 11.6. The van der Waals surface area contributed by atoms with Gasteiger partial charge < -0.3 is 10.6 Å². The van der Waals surface area contributed by atoms with E-state index in [2.05, 4.69) is 52.6 Å². The molecular weight excluding hydrogens is 324 g/mol. The van der Waals surface area contributed by atoms with Crippen molar-refractivity contribution in [2.45, 2.75) is 33.2 Å². The molecular formula is C17H22N4O2S. The first-order valence-corrected chi connectivity index (χ1v) is 9.79. The summed E-state index contributed by atoms with van der Waals surface area (Å²) in [6, 6.07) is 7.96. The average Bonchev–Trinajstić information content (AvgIpc) is 2.75. The molecule has 0 spiro atoms. The van der Waals surface area contributed by atoms with Crippen LogP contribution >= 0.6 is 0 Å². The van der Waals surface area contributed by atoms with Gasteiger partial charge in [0.15, 0.2) is 9.84 Å². The number of sulfone groups is 1. The van der Waals surface area contributed by atoms with Gasteiger partial charge in [0.2, 0.25) is 0 Å². The zero-order chi connectivity index (χ0) is 17.3. The molecule has 3 rings (SSSR count). The van der Waals surface area contributed by atoms with Crippen molar-refractivity contribution >= 4 is 27.2 Å². The molecule has 2 N–H and O–H groups in total. The van der Waals surface area contributed by atoms with Gasteiger partial charge in [-0.25, -0.2) is 18.4 Å². The van der Waals surface area contributed by atoms with Gasteiger partial charge in [0.1, 0.15) is 17.5 Å². The van der Waals surface area contributed by atoms with Crippen LogP contribution in [0.5, 0.6) is 0 Å². The van der Waals surface area contributed by atoms with E-state index in [0.717, 1.165) is 5.69 Å². The summed E-state index contributed by atoms with van der Waals surface area (Å²) in [5.41, 5.74) is 3.33. The molecule has 0 radical (unpaired) electrons. The van der Waals surface area contributed by atoms with Gasteiger partial charge in [-0.3, -0.25) is 0 Å². The van der Waals surface area contributed by atoms with E-state index in [4.69, 9.17) is 0 Å². The monoisotopic (exact) mass is 346 g/mol. The van der Waals surface area contributed by atoms with Crippen LogP contribution in [-0.4, -0.2) is 35.9 Å². The molecule has 1 aromatic heterocycles. The summed E-state index contributed by atoms with van der Waals surface area (Å²) in [7, 11) is -2.92. The van der Waals surface area contributed by atoms with Gasteiger partial charge in [0.25, 0.3) is 0 Å². The van der Waals surface area contributed by atoms with Crippen molar-refractivity contribution < 1.29 is 8.42 Å². The molecule has 7 heteroatoms. The smallest absolute Gasteiger partial charge is 0.152 e. The van der Waals surface area contributed by atoms with Crippen LogP contribution in [-0.2, 0) is 9.84 Å². The highest BCUT2D eigenvalue weighted by Gasteiger charge is 2.28. The van der Waals surface area contributed by atoms with Crippen molar-refractivity contribution in [1.82, 2.24) is 9.97 Å². The molecule has 1 saturated heterocycles. The second kappa shape index (κ2) is 6.39. The minimum Gasteiger partial charge on any atom is -0.366 e. The maximum atomic E-state index is 11.6. The molecule has 1 aliphatic heterocycles. The summed E-state index contributed by atoms with van der Waals surface area (Å²) < 4.78 is 23.2. The quantitative estimate of drug-likeness (QED) is 0.885. The Morgan fingerprint density at radius 3 is 2.29 bits per heavy atom. The highest BCUT2D eigenvalue weighted by atomic mass is 32.2. The number of nitrogens with zero attached hydrogens (tertiary/aromatic N) is 2. The van der Waals surface area contributed by atoms with Crippen molar-refractivity contribution in [2.75, 3.05) is 22.1 Å². The Morgan fingerprint density at radius 1 is 1.00 bits per heavy atom. The molecule has 0 aliphatic carbocycles. The van der Waals surface area contributed by atoms with Gasteiger partial charge in [0, 0.05) is 17.8 Å². The fraction of sp³-hybridized carbons (Fsp3) is 0.412. The average molecular weight is 346 g/mol. The summed E-state index contributed by atoms with van der Waals surface area (Å²) in [5.74, 6) is 2.37. The second-order valence-corrected chi connectivity index (χ2v) is 8.66. The van der Waals surface area contributed by atoms with Crippen LogP contribution in [0.3, 0.4) is 0 Å². The third-order valence-electron chi connectivity index (χ3n) is 3.92. The predicted octanol–water partition coefficient (Wildman–Crippen LogP) is 2.74. The van der Waals surface area contributed by atoms with Gasteiger partial charge in [-0.1, -0.05) is 6.07 Å². The van der Waals surface area contributed by atoms with Crippen LogP contribution in [0, 0.1) is 20.8 Å². The minimum absolute atomic E-state index is 0.0848. The number of anilines is 3. The van der Waals surface area contributed by atoms with Crippen molar-refractivity contribution in [3.63, 3.8) is 0 Å².